The number of nitrogens with one attached hydrogen (secondary N) is 1. The number of amides is 1. The van der Waals surface area contributed by atoms with E-state index >= 15 is 0 Å². The zero-order valence-corrected chi connectivity index (χ0v) is 14.8. The minimum atomic E-state index is -0.939. The van der Waals surface area contributed by atoms with Crippen LogP contribution in [0.3, 0.4) is 0 Å². The van der Waals surface area contributed by atoms with Gasteiger partial charge in [0, 0.05) is 8.95 Å². The lowest BCUT2D eigenvalue weighted by molar-refractivity contribution is -0.123. The summed E-state index contributed by atoms with van der Waals surface area (Å²) < 4.78 is 1.68. The van der Waals surface area contributed by atoms with Crippen LogP contribution in [0.15, 0.2) is 27.1 Å². The fourth-order valence-electron chi connectivity index (χ4n) is 2.20. The molecule has 1 aromatic rings. The molecule has 0 aliphatic rings. The molecular formula is C15H18Br2N2O. The van der Waals surface area contributed by atoms with Crippen molar-refractivity contribution in [2.24, 2.45) is 5.41 Å². The Balaban J connectivity index is 3.02. The number of rotatable bonds is 6. The quantitative estimate of drug-likeness (QED) is 0.706. The fourth-order valence-corrected chi connectivity index (χ4v) is 2.91. The normalized spacial score (nSPS) is 10.9. The standard InChI is InChI=1S/C15H18Br2N2O/c1-3-7-15(10-18,8-4-2)14(20)19-13-9-11(16)5-6-12(13)17/h5-6,9H,3-4,7-8H2,1-2H3,(H,19,20). The van der Waals surface area contributed by atoms with Crippen LogP contribution in [0.5, 0.6) is 0 Å². The average molecular weight is 402 g/mol. The van der Waals surface area contributed by atoms with E-state index in [2.05, 4.69) is 43.2 Å². The molecule has 20 heavy (non-hydrogen) atoms. The number of benzene rings is 1. The van der Waals surface area contributed by atoms with Crippen molar-refractivity contribution in [2.75, 3.05) is 5.32 Å². The van der Waals surface area contributed by atoms with Gasteiger partial charge in [0.05, 0.1) is 11.8 Å². The third kappa shape index (κ3) is 4.07. The molecule has 0 bridgehead atoms. The maximum absolute atomic E-state index is 12.5. The lowest BCUT2D eigenvalue weighted by Crippen LogP contribution is -2.35. The first-order chi connectivity index (χ1) is 9.49. The minimum absolute atomic E-state index is 0.220. The molecule has 0 aliphatic heterocycles. The smallest absolute Gasteiger partial charge is 0.244 e. The van der Waals surface area contributed by atoms with Crippen LogP contribution in [0, 0.1) is 16.7 Å². The summed E-state index contributed by atoms with van der Waals surface area (Å²) in [4.78, 5) is 12.5. The second-order valence-electron chi connectivity index (χ2n) is 4.77. The topological polar surface area (TPSA) is 52.9 Å². The van der Waals surface area contributed by atoms with Gasteiger partial charge in [-0.25, -0.2) is 0 Å². The Kier molecular flexibility index (Phi) is 6.70. The molecular weight excluding hydrogens is 384 g/mol. The molecule has 0 saturated heterocycles. The maximum atomic E-state index is 12.5. The number of halogens is 2. The Morgan fingerprint density at radius 2 is 1.90 bits per heavy atom. The van der Waals surface area contributed by atoms with Crippen molar-refractivity contribution < 1.29 is 4.79 Å². The van der Waals surface area contributed by atoms with E-state index in [1.54, 1.807) is 0 Å². The highest BCUT2D eigenvalue weighted by Gasteiger charge is 2.37. The number of hydrogen-bond donors (Lipinski definition) is 1. The third-order valence-electron chi connectivity index (χ3n) is 3.18. The van der Waals surface area contributed by atoms with Gasteiger partial charge in [0.25, 0.3) is 0 Å². The van der Waals surface area contributed by atoms with Gasteiger partial charge in [0.15, 0.2) is 0 Å². The molecule has 1 rings (SSSR count). The van der Waals surface area contributed by atoms with Gasteiger partial charge in [-0.2, -0.15) is 5.26 Å². The van der Waals surface area contributed by atoms with Crippen LogP contribution in [0.25, 0.3) is 0 Å². The summed E-state index contributed by atoms with van der Waals surface area (Å²) in [5, 5.41) is 12.4. The molecule has 5 heteroatoms. The molecule has 0 heterocycles. The lowest BCUT2D eigenvalue weighted by atomic mass is 9.79. The van der Waals surface area contributed by atoms with E-state index in [0.717, 1.165) is 21.8 Å². The molecule has 3 nitrogen and oxygen atoms in total. The van der Waals surface area contributed by atoms with Gasteiger partial charge >= 0.3 is 0 Å². The maximum Gasteiger partial charge on any atom is 0.244 e. The van der Waals surface area contributed by atoms with Crippen molar-refractivity contribution in [3.8, 4) is 6.07 Å². The number of nitrogens with zero attached hydrogens (tertiary/aromatic N) is 1. The Morgan fingerprint density at radius 3 is 2.40 bits per heavy atom. The van der Waals surface area contributed by atoms with E-state index in [9.17, 15) is 10.1 Å². The molecule has 0 aliphatic carbocycles. The first-order valence-corrected chi connectivity index (χ1v) is 8.25. The fraction of sp³-hybridized carbons (Fsp3) is 0.467. The van der Waals surface area contributed by atoms with E-state index in [1.165, 1.54) is 0 Å². The molecule has 0 atom stereocenters. The molecule has 1 aromatic carbocycles. The number of carbonyl (C=O) groups is 1. The molecule has 0 saturated carbocycles. The van der Waals surface area contributed by atoms with Crippen molar-refractivity contribution in [3.63, 3.8) is 0 Å². The summed E-state index contributed by atoms with van der Waals surface area (Å²) in [6.07, 6.45) is 2.77. The Morgan fingerprint density at radius 1 is 1.30 bits per heavy atom. The zero-order chi connectivity index (χ0) is 15.2. The van der Waals surface area contributed by atoms with Gasteiger partial charge in [0.2, 0.25) is 5.91 Å². The molecule has 0 fully saturated rings. The summed E-state index contributed by atoms with van der Waals surface area (Å²) in [6, 6.07) is 7.79. The van der Waals surface area contributed by atoms with E-state index in [0.29, 0.717) is 18.5 Å². The molecule has 0 spiro atoms. The SMILES string of the molecule is CCCC(C#N)(CCC)C(=O)Nc1cc(Br)ccc1Br. The minimum Gasteiger partial charge on any atom is -0.324 e. The van der Waals surface area contributed by atoms with Crippen LogP contribution < -0.4 is 5.32 Å². The van der Waals surface area contributed by atoms with Crippen LogP contribution >= 0.6 is 31.9 Å². The van der Waals surface area contributed by atoms with Crippen molar-refractivity contribution >= 4 is 43.5 Å². The third-order valence-corrected chi connectivity index (χ3v) is 4.36. The highest BCUT2D eigenvalue weighted by molar-refractivity contribution is 9.11. The molecule has 1 N–H and O–H groups in total. The number of carbonyl (C=O) groups excluding carboxylic acids is 1. The number of hydrogen-bond acceptors (Lipinski definition) is 2. The van der Waals surface area contributed by atoms with Gasteiger partial charge in [-0.05, 0) is 47.0 Å². The lowest BCUT2D eigenvalue weighted by Gasteiger charge is -2.25. The van der Waals surface area contributed by atoms with Gasteiger partial charge in [-0.15, -0.1) is 0 Å². The van der Waals surface area contributed by atoms with Crippen molar-refractivity contribution in [3.05, 3.63) is 27.1 Å². The van der Waals surface area contributed by atoms with Crippen LogP contribution in [0.4, 0.5) is 5.69 Å². The predicted octanol–water partition coefficient (Wildman–Crippen LogP) is 5.26. The molecule has 108 valence electrons. The summed E-state index contributed by atoms with van der Waals surface area (Å²) >= 11 is 6.79. The van der Waals surface area contributed by atoms with Gasteiger partial charge in [-0.1, -0.05) is 42.6 Å². The first-order valence-electron chi connectivity index (χ1n) is 6.67. The van der Waals surface area contributed by atoms with Gasteiger partial charge in [0.1, 0.15) is 5.41 Å². The monoisotopic (exact) mass is 400 g/mol. The summed E-state index contributed by atoms with van der Waals surface area (Å²) in [7, 11) is 0. The zero-order valence-electron chi connectivity index (χ0n) is 11.7. The van der Waals surface area contributed by atoms with Crippen LogP contribution in [-0.2, 0) is 4.79 Å². The largest absolute Gasteiger partial charge is 0.324 e. The van der Waals surface area contributed by atoms with E-state index in [4.69, 9.17) is 0 Å². The summed E-state index contributed by atoms with van der Waals surface area (Å²) in [5.74, 6) is -0.220. The first kappa shape index (κ1) is 17.2. The highest BCUT2D eigenvalue weighted by atomic mass is 79.9. The summed E-state index contributed by atoms with van der Waals surface area (Å²) in [5.41, 5.74) is -0.262. The van der Waals surface area contributed by atoms with Crippen LogP contribution in [0.1, 0.15) is 39.5 Å². The molecule has 0 radical (unpaired) electrons. The molecule has 0 aromatic heterocycles. The Bertz CT molecular complexity index is 517. The van der Waals surface area contributed by atoms with E-state index in [1.807, 2.05) is 32.0 Å². The molecule has 0 unspecified atom stereocenters. The number of anilines is 1. The highest BCUT2D eigenvalue weighted by Crippen LogP contribution is 2.33. The number of nitriles is 1. The second-order valence-corrected chi connectivity index (χ2v) is 6.54. The van der Waals surface area contributed by atoms with Crippen molar-refractivity contribution in [1.82, 2.24) is 0 Å². The van der Waals surface area contributed by atoms with Crippen LogP contribution in [0.2, 0.25) is 0 Å². The van der Waals surface area contributed by atoms with Gasteiger partial charge in [-0.3, -0.25) is 4.79 Å². The van der Waals surface area contributed by atoms with Crippen molar-refractivity contribution in [2.45, 2.75) is 39.5 Å². The Labute approximate surface area is 137 Å². The van der Waals surface area contributed by atoms with Crippen molar-refractivity contribution in [1.29, 1.82) is 5.26 Å². The van der Waals surface area contributed by atoms with E-state index < -0.39 is 5.41 Å². The van der Waals surface area contributed by atoms with E-state index in [-0.39, 0.29) is 5.91 Å². The van der Waals surface area contributed by atoms with Gasteiger partial charge < -0.3 is 5.32 Å². The predicted molar refractivity (Wildman–Crippen MR) is 88.3 cm³/mol. The summed E-state index contributed by atoms with van der Waals surface area (Å²) in [6.45, 7) is 3.98. The second kappa shape index (κ2) is 7.80. The van der Waals surface area contributed by atoms with Crippen LogP contribution in [-0.4, -0.2) is 5.91 Å². The average Bonchev–Trinajstić information content (AvgIpc) is 2.42. The Hall–Kier alpha value is -0.860. The molecule has 1 amide bonds.